The number of ether oxygens (including phenoxy) is 1. The number of para-hydroxylation sites is 1. The lowest BCUT2D eigenvalue weighted by Crippen LogP contribution is -2.26. The van der Waals surface area contributed by atoms with E-state index < -0.39 is 0 Å². The number of carbonyl (C=O) groups is 1. The highest BCUT2D eigenvalue weighted by molar-refractivity contribution is 5.76. The van der Waals surface area contributed by atoms with Crippen LogP contribution in [0.5, 0.6) is 5.75 Å². The second kappa shape index (κ2) is 5.87. The first kappa shape index (κ1) is 12.9. The van der Waals surface area contributed by atoms with Crippen molar-refractivity contribution in [1.29, 1.82) is 0 Å². The van der Waals surface area contributed by atoms with Crippen LogP contribution in [-0.2, 0) is 11.3 Å². The average Bonchev–Trinajstić information content (AvgIpc) is 3.15. The van der Waals surface area contributed by atoms with Crippen LogP contribution in [0, 0.1) is 6.92 Å². The van der Waals surface area contributed by atoms with Crippen LogP contribution in [0.3, 0.4) is 0 Å². The molecular weight excluding hydrogens is 228 g/mol. The van der Waals surface area contributed by atoms with Gasteiger partial charge >= 0.3 is 0 Å². The van der Waals surface area contributed by atoms with Gasteiger partial charge in [-0.15, -0.1) is 0 Å². The van der Waals surface area contributed by atoms with Gasteiger partial charge in [0.15, 0.2) is 0 Å². The van der Waals surface area contributed by atoms with Gasteiger partial charge in [-0.2, -0.15) is 0 Å². The number of nitrogens with two attached hydrogens (primary N) is 1. The van der Waals surface area contributed by atoms with Crippen molar-refractivity contribution in [3.63, 3.8) is 0 Å². The number of rotatable bonds is 6. The number of carbonyl (C=O) groups excluding carboxylic acids is 1. The molecule has 4 nitrogen and oxygen atoms in total. The van der Waals surface area contributed by atoms with Gasteiger partial charge in [-0.05, 0) is 25.3 Å². The quantitative estimate of drug-likeness (QED) is 0.802. The first-order valence-electron chi connectivity index (χ1n) is 6.41. The van der Waals surface area contributed by atoms with Gasteiger partial charge in [-0.3, -0.25) is 4.79 Å². The molecule has 0 radical (unpaired) electrons. The highest BCUT2D eigenvalue weighted by Gasteiger charge is 2.22. The van der Waals surface area contributed by atoms with Gasteiger partial charge in [0.1, 0.15) is 5.75 Å². The molecule has 4 heteroatoms. The summed E-state index contributed by atoms with van der Waals surface area (Å²) < 4.78 is 5.69. The number of benzene rings is 1. The third-order valence-corrected chi connectivity index (χ3v) is 3.03. The minimum absolute atomic E-state index is 0.0698. The molecule has 0 spiro atoms. The maximum atomic E-state index is 11.5. The molecule has 0 aliphatic heterocycles. The van der Waals surface area contributed by atoms with Crippen LogP contribution in [-0.4, -0.2) is 18.6 Å². The van der Waals surface area contributed by atoms with Crippen LogP contribution in [0.4, 0.5) is 0 Å². The summed E-state index contributed by atoms with van der Waals surface area (Å²) in [6.45, 7) is 2.83. The fourth-order valence-corrected chi connectivity index (χ4v) is 1.85. The third kappa shape index (κ3) is 3.47. The van der Waals surface area contributed by atoms with E-state index in [2.05, 4.69) is 5.32 Å². The van der Waals surface area contributed by atoms with Crippen LogP contribution in [0.15, 0.2) is 18.2 Å². The highest BCUT2D eigenvalue weighted by Crippen LogP contribution is 2.23. The van der Waals surface area contributed by atoms with Gasteiger partial charge in [0.2, 0.25) is 5.91 Å². The van der Waals surface area contributed by atoms with Gasteiger partial charge in [0.25, 0.3) is 0 Å². The van der Waals surface area contributed by atoms with Crippen molar-refractivity contribution in [3.05, 3.63) is 29.3 Å². The van der Waals surface area contributed by atoms with E-state index in [0.29, 0.717) is 25.6 Å². The highest BCUT2D eigenvalue weighted by atomic mass is 16.5. The Morgan fingerprint density at radius 3 is 2.94 bits per heavy atom. The molecule has 1 aliphatic carbocycles. The number of aryl methyl sites for hydroxylation is 1. The van der Waals surface area contributed by atoms with E-state index in [-0.39, 0.29) is 5.91 Å². The molecule has 1 aliphatic rings. The minimum atomic E-state index is 0.0698. The fourth-order valence-electron chi connectivity index (χ4n) is 1.85. The Bertz CT molecular complexity index is 428. The zero-order chi connectivity index (χ0) is 13.0. The summed E-state index contributed by atoms with van der Waals surface area (Å²) in [5.41, 5.74) is 7.71. The smallest absolute Gasteiger partial charge is 0.223 e. The number of hydrogen-bond donors (Lipinski definition) is 2. The van der Waals surface area contributed by atoms with Crippen LogP contribution in [0.1, 0.15) is 30.4 Å². The summed E-state index contributed by atoms with van der Waals surface area (Å²) in [7, 11) is 0. The Morgan fingerprint density at radius 2 is 2.28 bits per heavy atom. The molecule has 98 valence electrons. The second-order valence-electron chi connectivity index (χ2n) is 4.71. The molecule has 18 heavy (non-hydrogen) atoms. The molecule has 1 saturated carbocycles. The lowest BCUT2D eigenvalue weighted by Gasteiger charge is -2.13. The van der Waals surface area contributed by atoms with E-state index in [9.17, 15) is 4.79 Å². The SMILES string of the molecule is Cc1cccc(CN)c1OCCC(=O)NC1CC1. The maximum Gasteiger partial charge on any atom is 0.223 e. The molecule has 1 aromatic carbocycles. The van der Waals surface area contributed by atoms with Crippen LogP contribution in [0.2, 0.25) is 0 Å². The zero-order valence-corrected chi connectivity index (χ0v) is 10.7. The van der Waals surface area contributed by atoms with Gasteiger partial charge < -0.3 is 15.8 Å². The van der Waals surface area contributed by atoms with E-state index in [0.717, 1.165) is 29.7 Å². The van der Waals surface area contributed by atoms with Crippen molar-refractivity contribution in [2.24, 2.45) is 5.73 Å². The van der Waals surface area contributed by atoms with E-state index in [1.807, 2.05) is 25.1 Å². The largest absolute Gasteiger partial charge is 0.492 e. The molecule has 0 saturated heterocycles. The molecule has 0 heterocycles. The van der Waals surface area contributed by atoms with Crippen molar-refractivity contribution in [2.45, 2.75) is 38.8 Å². The third-order valence-electron chi connectivity index (χ3n) is 3.03. The van der Waals surface area contributed by atoms with Crippen LogP contribution in [0.25, 0.3) is 0 Å². The predicted octanol–water partition coefficient (Wildman–Crippen LogP) is 1.50. The number of amides is 1. The Hall–Kier alpha value is -1.55. The maximum absolute atomic E-state index is 11.5. The van der Waals surface area contributed by atoms with Crippen molar-refractivity contribution in [2.75, 3.05) is 6.61 Å². The van der Waals surface area contributed by atoms with Crippen molar-refractivity contribution in [1.82, 2.24) is 5.32 Å². The predicted molar refractivity (Wildman–Crippen MR) is 70.3 cm³/mol. The van der Waals surface area contributed by atoms with Gasteiger partial charge in [0, 0.05) is 18.2 Å². The minimum Gasteiger partial charge on any atom is -0.492 e. The first-order chi connectivity index (χ1) is 8.70. The Morgan fingerprint density at radius 1 is 1.50 bits per heavy atom. The molecule has 0 atom stereocenters. The molecule has 2 rings (SSSR count). The van der Waals surface area contributed by atoms with Crippen LogP contribution < -0.4 is 15.8 Å². The van der Waals surface area contributed by atoms with Gasteiger partial charge in [-0.25, -0.2) is 0 Å². The molecule has 1 aromatic rings. The van der Waals surface area contributed by atoms with Crippen LogP contribution >= 0.6 is 0 Å². The summed E-state index contributed by atoms with van der Waals surface area (Å²) in [4.78, 5) is 11.5. The summed E-state index contributed by atoms with van der Waals surface area (Å²) in [6, 6.07) is 6.31. The first-order valence-corrected chi connectivity index (χ1v) is 6.41. The van der Waals surface area contributed by atoms with E-state index in [4.69, 9.17) is 10.5 Å². The molecule has 0 unspecified atom stereocenters. The van der Waals surface area contributed by atoms with Crippen molar-refractivity contribution < 1.29 is 9.53 Å². The van der Waals surface area contributed by atoms with Gasteiger partial charge in [0.05, 0.1) is 13.0 Å². The number of nitrogens with one attached hydrogen (secondary N) is 1. The standard InChI is InChI=1S/C14H20N2O2/c1-10-3-2-4-11(9-15)14(10)18-8-7-13(17)16-12-5-6-12/h2-4,12H,5-9,15H2,1H3,(H,16,17). The fraction of sp³-hybridized carbons (Fsp3) is 0.500. The molecule has 1 amide bonds. The number of hydrogen-bond acceptors (Lipinski definition) is 3. The Kier molecular flexibility index (Phi) is 4.20. The lowest BCUT2D eigenvalue weighted by atomic mass is 10.1. The van der Waals surface area contributed by atoms with E-state index in [1.165, 1.54) is 0 Å². The summed E-state index contributed by atoms with van der Waals surface area (Å²) >= 11 is 0. The average molecular weight is 248 g/mol. The second-order valence-corrected chi connectivity index (χ2v) is 4.71. The summed E-state index contributed by atoms with van der Waals surface area (Å²) in [5.74, 6) is 0.889. The van der Waals surface area contributed by atoms with E-state index >= 15 is 0 Å². The summed E-state index contributed by atoms with van der Waals surface area (Å²) in [6.07, 6.45) is 2.62. The molecule has 0 aromatic heterocycles. The van der Waals surface area contributed by atoms with Crippen molar-refractivity contribution >= 4 is 5.91 Å². The van der Waals surface area contributed by atoms with Crippen molar-refractivity contribution in [3.8, 4) is 5.75 Å². The molecule has 0 bridgehead atoms. The zero-order valence-electron chi connectivity index (χ0n) is 10.7. The van der Waals surface area contributed by atoms with E-state index in [1.54, 1.807) is 0 Å². The summed E-state index contributed by atoms with van der Waals surface area (Å²) in [5, 5.41) is 2.94. The topological polar surface area (TPSA) is 64.3 Å². The normalized spacial score (nSPS) is 14.3. The Balaban J connectivity index is 1.83. The molecule has 1 fully saturated rings. The monoisotopic (exact) mass is 248 g/mol. The molecule has 3 N–H and O–H groups in total. The Labute approximate surface area is 108 Å². The molecular formula is C14H20N2O2. The van der Waals surface area contributed by atoms with Gasteiger partial charge in [-0.1, -0.05) is 18.2 Å². The lowest BCUT2D eigenvalue weighted by molar-refractivity contribution is -0.121.